The third-order valence-corrected chi connectivity index (χ3v) is 3.40. The highest BCUT2D eigenvalue weighted by Crippen LogP contribution is 2.27. The average Bonchev–Trinajstić information content (AvgIpc) is 2.81. The predicted octanol–water partition coefficient (Wildman–Crippen LogP) is 2.15. The third kappa shape index (κ3) is 2.57. The highest BCUT2D eigenvalue weighted by molar-refractivity contribution is 5.84. The van der Waals surface area contributed by atoms with Gasteiger partial charge in [-0.3, -0.25) is 4.90 Å². The number of carbonyl (C=O) groups is 1. The molecule has 2 heterocycles. The van der Waals surface area contributed by atoms with E-state index in [2.05, 4.69) is 11.8 Å². The first-order valence-electron chi connectivity index (χ1n) is 6.19. The van der Waals surface area contributed by atoms with Gasteiger partial charge in [0, 0.05) is 12.6 Å². The molecule has 1 aromatic heterocycles. The molecule has 1 N–H and O–H groups in total. The maximum Gasteiger partial charge on any atom is 0.371 e. The molecule has 1 aliphatic rings. The minimum absolute atomic E-state index is 0.00851. The van der Waals surface area contributed by atoms with E-state index in [-0.39, 0.29) is 17.9 Å². The fourth-order valence-electron chi connectivity index (χ4n) is 2.32. The van der Waals surface area contributed by atoms with Gasteiger partial charge in [-0.25, -0.2) is 4.79 Å². The molecule has 100 valence electrons. The smallest absolute Gasteiger partial charge is 0.371 e. The number of hydrogen-bond acceptors (Lipinski definition) is 4. The van der Waals surface area contributed by atoms with E-state index < -0.39 is 5.97 Å². The molecule has 5 nitrogen and oxygen atoms in total. The number of furan rings is 1. The summed E-state index contributed by atoms with van der Waals surface area (Å²) in [6.07, 6.45) is 0.192. The second-order valence-corrected chi connectivity index (χ2v) is 4.87. The van der Waals surface area contributed by atoms with Gasteiger partial charge in [0.1, 0.15) is 5.76 Å². The van der Waals surface area contributed by atoms with E-state index in [0.29, 0.717) is 18.4 Å². The van der Waals surface area contributed by atoms with Crippen molar-refractivity contribution in [1.29, 1.82) is 0 Å². The Hall–Kier alpha value is -1.33. The minimum Gasteiger partial charge on any atom is -0.475 e. The number of hydrogen-bond donors (Lipinski definition) is 1. The Morgan fingerprint density at radius 3 is 2.83 bits per heavy atom. The highest BCUT2D eigenvalue weighted by Gasteiger charge is 2.29. The first-order valence-corrected chi connectivity index (χ1v) is 6.19. The minimum atomic E-state index is -1.03. The Balaban J connectivity index is 2.13. The van der Waals surface area contributed by atoms with Crippen molar-refractivity contribution in [2.45, 2.75) is 39.0 Å². The summed E-state index contributed by atoms with van der Waals surface area (Å²) in [6, 6.07) is 3.60. The molecule has 1 fully saturated rings. The van der Waals surface area contributed by atoms with Gasteiger partial charge in [-0.15, -0.1) is 0 Å². The largest absolute Gasteiger partial charge is 0.475 e. The molecule has 0 bridgehead atoms. The monoisotopic (exact) mass is 253 g/mol. The van der Waals surface area contributed by atoms with Gasteiger partial charge in [0.05, 0.1) is 18.8 Å². The molecule has 1 aliphatic heterocycles. The summed E-state index contributed by atoms with van der Waals surface area (Å²) in [5, 5.41) is 8.86. The van der Waals surface area contributed by atoms with Crippen molar-refractivity contribution in [2.75, 3.05) is 13.2 Å². The fourth-order valence-corrected chi connectivity index (χ4v) is 2.32. The molecular formula is C13H19NO4. The average molecular weight is 253 g/mol. The van der Waals surface area contributed by atoms with Crippen LogP contribution in [0, 0.1) is 0 Å². The quantitative estimate of drug-likeness (QED) is 0.894. The normalized spacial score (nSPS) is 27.1. The topological polar surface area (TPSA) is 62.9 Å². The van der Waals surface area contributed by atoms with Crippen molar-refractivity contribution in [3.63, 3.8) is 0 Å². The molecule has 2 rings (SSSR count). The lowest BCUT2D eigenvalue weighted by Gasteiger charge is -2.39. The fraction of sp³-hybridized carbons (Fsp3) is 0.615. The SMILES string of the molecule is CC1CN(C(C)c2ccc(C(=O)O)o2)C(C)CO1. The van der Waals surface area contributed by atoms with Crippen molar-refractivity contribution in [3.05, 3.63) is 23.7 Å². The Labute approximate surface area is 106 Å². The molecule has 0 spiro atoms. The van der Waals surface area contributed by atoms with Gasteiger partial charge < -0.3 is 14.3 Å². The zero-order chi connectivity index (χ0) is 13.3. The van der Waals surface area contributed by atoms with Gasteiger partial charge in [-0.2, -0.15) is 0 Å². The van der Waals surface area contributed by atoms with E-state index in [4.69, 9.17) is 14.3 Å². The van der Waals surface area contributed by atoms with E-state index in [9.17, 15) is 4.79 Å². The summed E-state index contributed by atoms with van der Waals surface area (Å²) in [5.41, 5.74) is 0. The van der Waals surface area contributed by atoms with Crippen molar-refractivity contribution in [1.82, 2.24) is 4.90 Å². The lowest BCUT2D eigenvalue weighted by Crippen LogP contribution is -2.48. The van der Waals surface area contributed by atoms with E-state index >= 15 is 0 Å². The van der Waals surface area contributed by atoms with Gasteiger partial charge in [0.25, 0.3) is 0 Å². The number of carboxylic acids is 1. The standard InChI is InChI=1S/C13H19NO4/c1-8-7-17-9(2)6-14(8)10(3)11-4-5-12(18-11)13(15)16/h4-5,8-10H,6-7H2,1-3H3,(H,15,16). The first-order chi connectivity index (χ1) is 8.49. The predicted molar refractivity (Wildman–Crippen MR) is 65.7 cm³/mol. The number of morpholine rings is 1. The lowest BCUT2D eigenvalue weighted by molar-refractivity contribution is -0.0668. The van der Waals surface area contributed by atoms with Crippen LogP contribution >= 0.6 is 0 Å². The molecule has 0 saturated carbocycles. The third-order valence-electron chi connectivity index (χ3n) is 3.40. The summed E-state index contributed by atoms with van der Waals surface area (Å²) in [7, 11) is 0. The molecule has 0 aliphatic carbocycles. The molecule has 0 radical (unpaired) electrons. The van der Waals surface area contributed by atoms with Crippen molar-refractivity contribution in [2.24, 2.45) is 0 Å². The van der Waals surface area contributed by atoms with Crippen LogP contribution in [0.2, 0.25) is 0 Å². The van der Waals surface area contributed by atoms with Crippen molar-refractivity contribution < 1.29 is 19.1 Å². The van der Waals surface area contributed by atoms with Crippen LogP contribution in [0.4, 0.5) is 0 Å². The number of nitrogens with zero attached hydrogens (tertiary/aromatic N) is 1. The Morgan fingerprint density at radius 2 is 2.22 bits per heavy atom. The van der Waals surface area contributed by atoms with Crippen LogP contribution in [-0.4, -0.2) is 41.3 Å². The van der Waals surface area contributed by atoms with E-state index in [1.54, 1.807) is 6.07 Å². The molecule has 1 saturated heterocycles. The Kier molecular flexibility index (Phi) is 3.73. The summed E-state index contributed by atoms with van der Waals surface area (Å²) >= 11 is 0. The van der Waals surface area contributed by atoms with Gasteiger partial charge in [-0.1, -0.05) is 0 Å². The van der Waals surface area contributed by atoms with Crippen LogP contribution in [0.15, 0.2) is 16.5 Å². The zero-order valence-electron chi connectivity index (χ0n) is 10.9. The Morgan fingerprint density at radius 1 is 1.50 bits per heavy atom. The summed E-state index contributed by atoms with van der Waals surface area (Å²) in [5.74, 6) is -0.351. The van der Waals surface area contributed by atoms with E-state index in [1.165, 1.54) is 6.07 Å². The van der Waals surface area contributed by atoms with Crippen LogP contribution < -0.4 is 0 Å². The van der Waals surface area contributed by atoms with E-state index in [0.717, 1.165) is 6.54 Å². The van der Waals surface area contributed by atoms with Gasteiger partial charge in [0.2, 0.25) is 5.76 Å². The van der Waals surface area contributed by atoms with Crippen LogP contribution in [-0.2, 0) is 4.74 Å². The van der Waals surface area contributed by atoms with Crippen LogP contribution in [0.3, 0.4) is 0 Å². The summed E-state index contributed by atoms with van der Waals surface area (Å²) in [6.45, 7) is 7.68. The van der Waals surface area contributed by atoms with Gasteiger partial charge in [-0.05, 0) is 32.9 Å². The molecule has 0 aromatic carbocycles. The zero-order valence-corrected chi connectivity index (χ0v) is 10.9. The van der Waals surface area contributed by atoms with Crippen molar-refractivity contribution >= 4 is 5.97 Å². The number of carboxylic acid groups (broad SMARTS) is 1. The maximum atomic E-state index is 10.8. The molecule has 3 atom stereocenters. The number of ether oxygens (including phenoxy) is 1. The number of rotatable bonds is 3. The molecule has 1 aromatic rings. The maximum absolute atomic E-state index is 10.8. The van der Waals surface area contributed by atoms with Crippen LogP contribution in [0.25, 0.3) is 0 Å². The van der Waals surface area contributed by atoms with Crippen LogP contribution in [0.5, 0.6) is 0 Å². The Bertz CT molecular complexity index is 428. The van der Waals surface area contributed by atoms with Crippen LogP contribution in [0.1, 0.15) is 43.1 Å². The highest BCUT2D eigenvalue weighted by atomic mass is 16.5. The molecule has 18 heavy (non-hydrogen) atoms. The summed E-state index contributed by atoms with van der Waals surface area (Å²) < 4.78 is 10.9. The molecule has 0 amide bonds. The molecule has 5 heteroatoms. The second kappa shape index (κ2) is 5.12. The summed E-state index contributed by atoms with van der Waals surface area (Å²) in [4.78, 5) is 13.1. The van der Waals surface area contributed by atoms with E-state index in [1.807, 2.05) is 13.8 Å². The lowest BCUT2D eigenvalue weighted by atomic mass is 10.1. The molecule has 3 unspecified atom stereocenters. The van der Waals surface area contributed by atoms with Gasteiger partial charge in [0.15, 0.2) is 0 Å². The second-order valence-electron chi connectivity index (χ2n) is 4.87. The number of aromatic carboxylic acids is 1. The first kappa shape index (κ1) is 13.1. The van der Waals surface area contributed by atoms with Crippen molar-refractivity contribution in [3.8, 4) is 0 Å². The molecular weight excluding hydrogens is 234 g/mol. The van der Waals surface area contributed by atoms with Gasteiger partial charge >= 0.3 is 5.97 Å².